The first-order valence-electron chi connectivity index (χ1n) is 29.8. The second kappa shape index (κ2) is 29.9. The minimum Gasteiger partial charge on any atom is -0.495 e. The SMILES string of the molecule is COc1cc2cc(c1Cl)N(C)C(=O)C[C@H](OC(=O)[C@H](C)N(C)C(=O)c1ccc3nc(NC(=O)[C@H](CCCNC(N)=O)NC(=O)[C@@H](NC(=O)CCCCCN4C(=O)C=CC4=O)C(C)C)ccc3c1)[C@]1(C)O[C@H]1[C@H](C)[C@@H]1C[C@@](O)(NC(=O)O1)[C@H](OC)/C=C/C=C(\C)C2. The summed E-state index contributed by atoms with van der Waals surface area (Å²) in [4.78, 5) is 140. The summed E-state index contributed by atoms with van der Waals surface area (Å²) >= 11 is 6.86. The van der Waals surface area contributed by atoms with E-state index in [0.717, 1.165) is 16.0 Å². The fraction of sp³-hybridized carbons (Fsp3) is 0.508. The molecule has 4 bridgehead atoms. The lowest BCUT2D eigenvalue weighted by molar-refractivity contribution is -0.158. The van der Waals surface area contributed by atoms with Crippen molar-refractivity contribution in [3.63, 3.8) is 0 Å². The Balaban J connectivity index is 1.04. The molecule has 2 saturated heterocycles. The first-order valence-corrected chi connectivity index (χ1v) is 30.2. The van der Waals surface area contributed by atoms with Crippen LogP contribution in [0.3, 0.4) is 0 Å². The van der Waals surface area contributed by atoms with E-state index < -0.39 is 120 Å². The number of fused-ring (bicyclic) bond motifs is 6. The third-order valence-corrected chi connectivity index (χ3v) is 17.1. The number of ether oxygens (including phenoxy) is 5. The van der Waals surface area contributed by atoms with Crippen LogP contribution in [-0.2, 0) is 58.9 Å². The molecule has 4 aliphatic heterocycles. The van der Waals surface area contributed by atoms with Crippen LogP contribution in [0.2, 0.25) is 5.02 Å². The maximum atomic E-state index is 14.5. The number of nitrogens with zero attached hydrogens (tertiary/aromatic N) is 4. The Morgan fingerprint density at radius 2 is 1.69 bits per heavy atom. The van der Waals surface area contributed by atoms with Crippen molar-refractivity contribution in [3.8, 4) is 5.75 Å². The zero-order valence-corrected chi connectivity index (χ0v) is 53.0. The number of amides is 10. The van der Waals surface area contributed by atoms with Crippen LogP contribution in [0.25, 0.3) is 10.9 Å². The number of likely N-dealkylation sites (N-methyl/N-ethyl adjacent to an activating group) is 1. The Morgan fingerprint density at radius 3 is 2.37 bits per heavy atom. The van der Waals surface area contributed by atoms with Crippen molar-refractivity contribution < 1.29 is 76.7 Å². The number of carbonyl (C=O) groups is 10. The van der Waals surface area contributed by atoms with E-state index in [2.05, 4.69) is 31.6 Å². The van der Waals surface area contributed by atoms with Gasteiger partial charge in [-0.1, -0.05) is 62.6 Å². The summed E-state index contributed by atoms with van der Waals surface area (Å²) in [5, 5.41) is 25.8. The number of methoxy groups -OCH3 is 2. The maximum Gasteiger partial charge on any atom is 0.409 e. The number of nitrogens with one attached hydrogen (secondary N) is 5. The summed E-state index contributed by atoms with van der Waals surface area (Å²) in [6.45, 7) is 10.6. The number of rotatable bonds is 22. The molecule has 3 aromatic rings. The van der Waals surface area contributed by atoms with Gasteiger partial charge in [-0.25, -0.2) is 19.4 Å². The average molecular weight is 1270 g/mol. The van der Waals surface area contributed by atoms with Crippen molar-refractivity contribution in [2.75, 3.05) is 51.6 Å². The average Bonchev–Trinajstić information content (AvgIpc) is 1.57. The quantitative estimate of drug-likeness (QED) is 0.0305. The van der Waals surface area contributed by atoms with E-state index in [0.29, 0.717) is 48.0 Å². The number of alkyl carbamates (subject to hydrolysis) is 1. The highest BCUT2D eigenvalue weighted by Gasteiger charge is 2.64. The smallest absolute Gasteiger partial charge is 0.409 e. The molecule has 90 heavy (non-hydrogen) atoms. The number of imide groups is 1. The number of aliphatic hydroxyl groups is 1. The van der Waals surface area contributed by atoms with E-state index in [-0.39, 0.29) is 67.0 Å². The Bertz CT molecular complexity index is 3340. The van der Waals surface area contributed by atoms with Crippen molar-refractivity contribution in [1.82, 2.24) is 36.1 Å². The number of pyridine rings is 1. The number of urea groups is 1. The third-order valence-electron chi connectivity index (χ3n) is 16.7. The number of primary amides is 1. The van der Waals surface area contributed by atoms with Crippen LogP contribution in [0.5, 0.6) is 5.75 Å². The molecule has 8 N–H and O–H groups in total. The number of nitrogens with two attached hydrogens (primary N) is 1. The van der Waals surface area contributed by atoms with Gasteiger partial charge < -0.3 is 65.6 Å². The molecule has 0 aliphatic carbocycles. The lowest BCUT2D eigenvalue weighted by Crippen LogP contribution is -2.63. The zero-order valence-electron chi connectivity index (χ0n) is 52.2. The number of unbranched alkanes of at least 4 members (excludes halogenated alkanes) is 2. The number of esters is 1. The van der Waals surface area contributed by atoms with E-state index in [1.165, 1.54) is 69.3 Å². The molecule has 486 valence electrons. The van der Waals surface area contributed by atoms with Crippen LogP contribution in [0.4, 0.5) is 21.1 Å². The van der Waals surface area contributed by atoms with E-state index >= 15 is 0 Å². The monoisotopic (exact) mass is 1270 g/mol. The number of hydrogen-bond donors (Lipinski definition) is 7. The van der Waals surface area contributed by atoms with Crippen LogP contribution in [0, 0.1) is 11.8 Å². The molecule has 27 heteroatoms. The Kier molecular flexibility index (Phi) is 22.9. The molecule has 26 nitrogen and oxygen atoms in total. The van der Waals surface area contributed by atoms with Crippen molar-refractivity contribution in [3.05, 3.63) is 94.6 Å². The highest BCUT2D eigenvalue weighted by Crippen LogP contribution is 2.49. The van der Waals surface area contributed by atoms with E-state index in [1.54, 1.807) is 70.2 Å². The van der Waals surface area contributed by atoms with Gasteiger partial charge in [0.05, 0.1) is 30.8 Å². The van der Waals surface area contributed by atoms with Gasteiger partial charge >= 0.3 is 18.1 Å². The van der Waals surface area contributed by atoms with Gasteiger partial charge in [0, 0.05) is 76.2 Å². The number of carbonyl (C=O) groups excluding carboxylic acids is 10. The lowest BCUT2D eigenvalue weighted by atomic mass is 9.83. The Morgan fingerprint density at radius 1 is 0.967 bits per heavy atom. The number of aromatic nitrogens is 1. The molecule has 0 spiro atoms. The maximum absolute atomic E-state index is 14.5. The minimum absolute atomic E-state index is 0.0470. The predicted octanol–water partition coefficient (Wildman–Crippen LogP) is 4.87. The molecule has 7 rings (SSSR count). The first kappa shape index (κ1) is 69.0. The number of anilines is 2. The van der Waals surface area contributed by atoms with Gasteiger partial charge in [0.15, 0.2) is 5.72 Å². The van der Waals surface area contributed by atoms with Gasteiger partial charge in [-0.05, 0) is 107 Å². The number of benzene rings is 2. The highest BCUT2D eigenvalue weighted by atomic mass is 35.5. The minimum atomic E-state index is -1.91. The molecule has 10 atom stereocenters. The molecule has 10 amide bonds. The summed E-state index contributed by atoms with van der Waals surface area (Å²) in [6.07, 6.45) is 4.30. The summed E-state index contributed by atoms with van der Waals surface area (Å²) in [6, 6.07) is 6.99. The van der Waals surface area contributed by atoms with Crippen LogP contribution in [-0.4, -0.2) is 175 Å². The van der Waals surface area contributed by atoms with Crippen LogP contribution in [0.15, 0.2) is 78.4 Å². The Hall–Kier alpha value is -8.46. The van der Waals surface area contributed by atoms with E-state index in [9.17, 15) is 53.1 Å². The molecular formula is C63H81ClN10O16. The molecule has 0 saturated carbocycles. The highest BCUT2D eigenvalue weighted by molar-refractivity contribution is 6.35. The molecular weight excluding hydrogens is 1190 g/mol. The molecule has 4 aliphatic rings. The summed E-state index contributed by atoms with van der Waals surface area (Å²) < 4.78 is 29.6. The van der Waals surface area contributed by atoms with E-state index in [1.807, 2.05) is 13.0 Å². The topological polar surface area (TPSA) is 349 Å². The van der Waals surface area contributed by atoms with Crippen LogP contribution in [0.1, 0.15) is 109 Å². The molecule has 1 aromatic heterocycles. The van der Waals surface area contributed by atoms with Crippen molar-refractivity contribution in [2.24, 2.45) is 17.6 Å². The van der Waals surface area contributed by atoms with Gasteiger partial charge in [0.25, 0.3) is 17.7 Å². The largest absolute Gasteiger partial charge is 0.495 e. The molecule has 2 aromatic carbocycles. The third kappa shape index (κ3) is 16.9. The van der Waals surface area contributed by atoms with Crippen LogP contribution >= 0.6 is 11.6 Å². The predicted molar refractivity (Wildman–Crippen MR) is 330 cm³/mol. The van der Waals surface area contributed by atoms with Gasteiger partial charge in [0.1, 0.15) is 58.6 Å². The van der Waals surface area contributed by atoms with Crippen LogP contribution < -0.4 is 42.0 Å². The summed E-state index contributed by atoms with van der Waals surface area (Å²) in [7, 11) is 5.80. The number of epoxide rings is 1. The fourth-order valence-electron chi connectivity index (χ4n) is 11.1. The first-order chi connectivity index (χ1) is 42.6. The van der Waals surface area contributed by atoms with Gasteiger partial charge in [-0.15, -0.1) is 0 Å². The summed E-state index contributed by atoms with van der Waals surface area (Å²) in [5.74, 6) is -5.07. The van der Waals surface area contributed by atoms with Gasteiger partial charge in [-0.3, -0.25) is 43.8 Å². The molecule has 0 radical (unpaired) electrons. The fourth-order valence-corrected chi connectivity index (χ4v) is 11.4. The van der Waals surface area contributed by atoms with Crippen molar-refractivity contribution in [1.29, 1.82) is 0 Å². The van der Waals surface area contributed by atoms with Crippen molar-refractivity contribution >= 4 is 93.5 Å². The second-order valence-electron chi connectivity index (χ2n) is 23.7. The number of halogens is 1. The second-order valence-corrected chi connectivity index (χ2v) is 24.0. The molecule has 0 unspecified atom stereocenters. The molecule has 2 fully saturated rings. The normalized spacial score (nSPS) is 24.5. The standard InChI is InChI=1S/C63H81ClN10O16/c1-34(2)54(70-49(75)19-12-11-13-27-74-50(76)24-25-51(74)77)57(80)68-42(17-15-26-66-60(65)83)56(79)69-48-23-21-39-31-40(20-22-41(39)67-48)58(81)72(7)37(5)59(82)89-47-32-52(78)73(8)43-29-38(30-44(86-9)53(43)64)28-35(3)16-14-18-46(87-10)63(85)33-45(88-61(84)71-63)36(4)55-62(47,6)90-55/h14,16,18,20-25,29-31,34,36-37,42,45-47,54-55,85H,11-13,15,17,19,26-28,32-33H2,1-10H3,(H,68,80)(H,70,75)(H,71,84)(H3,65,66,83)(H,67,69,79)/b18-14+,35-16+/t36-,37+,42+,45+,46-,47+,54+,55+,62+,63+/m1/s1. The van der Waals surface area contributed by atoms with Gasteiger partial charge in [-0.2, -0.15) is 0 Å². The zero-order chi connectivity index (χ0) is 65.9. The molecule has 5 heterocycles. The van der Waals surface area contributed by atoms with E-state index in [4.69, 9.17) is 41.0 Å². The lowest BCUT2D eigenvalue weighted by Gasteiger charge is -2.42. The van der Waals surface area contributed by atoms with Crippen molar-refractivity contribution in [2.45, 2.75) is 153 Å². The van der Waals surface area contributed by atoms with Gasteiger partial charge in [0.2, 0.25) is 23.6 Å². The number of hydrogen-bond acceptors (Lipinski definition) is 17. The summed E-state index contributed by atoms with van der Waals surface area (Å²) in [5.41, 5.74) is 4.44. The number of allylic oxidation sites excluding steroid dienone is 3. The Labute approximate surface area is 526 Å².